The van der Waals surface area contributed by atoms with Crippen LogP contribution in [0, 0.1) is 11.3 Å². The number of rotatable bonds is 2. The Bertz CT molecular complexity index is 1210. The highest BCUT2D eigenvalue weighted by atomic mass is 16.2. The number of hydrogen-bond donors (Lipinski definition) is 1. The second-order valence-electron chi connectivity index (χ2n) is 7.56. The molecule has 0 unspecified atom stereocenters. The van der Waals surface area contributed by atoms with Crippen LogP contribution in [0.2, 0.25) is 0 Å². The van der Waals surface area contributed by atoms with Crippen LogP contribution in [0.15, 0.2) is 55.0 Å². The first-order chi connectivity index (χ1) is 14.6. The molecule has 2 amide bonds. The van der Waals surface area contributed by atoms with Crippen LogP contribution in [0.4, 0.5) is 5.69 Å². The number of likely N-dealkylation sites (tertiary alicyclic amines) is 1. The van der Waals surface area contributed by atoms with Crippen LogP contribution in [-0.4, -0.2) is 37.8 Å². The van der Waals surface area contributed by atoms with Gasteiger partial charge in [-0.2, -0.15) is 5.26 Å². The number of nitrogens with one attached hydrogen (secondary N) is 1. The predicted octanol–water partition coefficient (Wildman–Crippen LogP) is 2.16. The molecule has 4 heterocycles. The van der Waals surface area contributed by atoms with Crippen molar-refractivity contribution in [1.82, 2.24) is 19.4 Å². The van der Waals surface area contributed by atoms with E-state index in [4.69, 9.17) is 5.26 Å². The number of anilines is 1. The molecule has 2 atom stereocenters. The molecule has 8 nitrogen and oxygen atoms in total. The average Bonchev–Trinajstić information content (AvgIpc) is 3.44. The summed E-state index contributed by atoms with van der Waals surface area (Å²) in [5.74, 6) is 0.285. The summed E-state index contributed by atoms with van der Waals surface area (Å²) in [6.45, 7) is 0.401. The fraction of sp³-hybridized carbons (Fsp3) is 0.227. The minimum absolute atomic E-state index is 0.120. The minimum atomic E-state index is -0.911. The largest absolute Gasteiger partial charge is 0.336 e. The summed E-state index contributed by atoms with van der Waals surface area (Å²) in [6, 6.07) is 12.1. The monoisotopic (exact) mass is 398 g/mol. The van der Waals surface area contributed by atoms with Gasteiger partial charge in [0.15, 0.2) is 0 Å². The van der Waals surface area contributed by atoms with E-state index >= 15 is 0 Å². The summed E-state index contributed by atoms with van der Waals surface area (Å²) >= 11 is 0. The van der Waals surface area contributed by atoms with Gasteiger partial charge in [-0.15, -0.1) is 0 Å². The number of benzene rings is 1. The maximum atomic E-state index is 13.5. The zero-order chi connectivity index (χ0) is 20.9. The molecule has 2 aliphatic rings. The predicted molar refractivity (Wildman–Crippen MR) is 107 cm³/mol. The Labute approximate surface area is 172 Å². The molecular formula is C22H18N6O2. The zero-order valence-electron chi connectivity index (χ0n) is 16.2. The van der Waals surface area contributed by atoms with E-state index in [1.807, 2.05) is 48.1 Å². The number of pyridine rings is 1. The van der Waals surface area contributed by atoms with E-state index in [0.717, 1.165) is 11.3 Å². The molecule has 148 valence electrons. The SMILES string of the molecule is Cn1ccnc1[C@@H]1N(C(=O)c2ccc(C#N)nc2)CC[C@]12C(=O)Nc1ccccc12. The van der Waals surface area contributed by atoms with Crippen molar-refractivity contribution < 1.29 is 9.59 Å². The molecule has 1 N–H and O–H groups in total. The van der Waals surface area contributed by atoms with Crippen molar-refractivity contribution in [2.45, 2.75) is 17.9 Å². The van der Waals surface area contributed by atoms with Crippen LogP contribution in [0.5, 0.6) is 0 Å². The lowest BCUT2D eigenvalue weighted by Crippen LogP contribution is -2.43. The summed E-state index contributed by atoms with van der Waals surface area (Å²) < 4.78 is 1.85. The van der Waals surface area contributed by atoms with Gasteiger partial charge in [-0.25, -0.2) is 9.97 Å². The molecule has 8 heteroatoms. The number of aryl methyl sites for hydroxylation is 1. The maximum absolute atomic E-state index is 13.5. The standard InChI is InChI=1S/C22H18N6O2/c1-27-11-9-24-19(27)18-22(16-4-2-3-5-17(16)26-21(22)30)8-10-28(18)20(29)14-6-7-15(12-23)25-13-14/h2-7,9,11,13,18H,8,10H2,1H3,(H,26,30)/t18-,22+/m0/s1. The first kappa shape index (κ1) is 18.1. The Morgan fingerprint density at radius 1 is 1.27 bits per heavy atom. The van der Waals surface area contributed by atoms with Gasteiger partial charge in [-0.05, 0) is 30.2 Å². The van der Waals surface area contributed by atoms with Gasteiger partial charge in [-0.1, -0.05) is 18.2 Å². The van der Waals surface area contributed by atoms with Gasteiger partial charge in [0.05, 0.1) is 5.56 Å². The number of nitrogens with zero attached hydrogens (tertiary/aromatic N) is 5. The molecule has 0 bridgehead atoms. The molecule has 1 saturated heterocycles. The number of fused-ring (bicyclic) bond motifs is 2. The van der Waals surface area contributed by atoms with Gasteiger partial charge in [-0.3, -0.25) is 9.59 Å². The molecule has 30 heavy (non-hydrogen) atoms. The Morgan fingerprint density at radius 2 is 2.10 bits per heavy atom. The fourth-order valence-electron chi connectivity index (χ4n) is 4.66. The smallest absolute Gasteiger partial charge is 0.256 e. The van der Waals surface area contributed by atoms with Gasteiger partial charge in [0.25, 0.3) is 5.91 Å². The molecule has 0 radical (unpaired) electrons. The van der Waals surface area contributed by atoms with Crippen molar-refractivity contribution in [3.05, 3.63) is 77.6 Å². The summed E-state index contributed by atoms with van der Waals surface area (Å²) in [7, 11) is 1.86. The molecule has 5 rings (SSSR count). The molecule has 1 aromatic carbocycles. The second kappa shape index (κ2) is 6.52. The van der Waals surface area contributed by atoms with Crippen LogP contribution in [0.25, 0.3) is 0 Å². The minimum Gasteiger partial charge on any atom is -0.336 e. The highest BCUT2D eigenvalue weighted by Gasteiger charge is 2.60. The van der Waals surface area contributed by atoms with Gasteiger partial charge in [0.1, 0.15) is 29.0 Å². The topological polar surface area (TPSA) is 104 Å². The Morgan fingerprint density at radius 3 is 2.80 bits per heavy atom. The van der Waals surface area contributed by atoms with Gasteiger partial charge in [0.2, 0.25) is 5.91 Å². The molecule has 1 fully saturated rings. The molecule has 2 aromatic heterocycles. The van der Waals surface area contributed by atoms with Crippen molar-refractivity contribution in [2.24, 2.45) is 7.05 Å². The number of para-hydroxylation sites is 1. The molecule has 0 saturated carbocycles. The normalized spacial score (nSPS) is 22.1. The average molecular weight is 398 g/mol. The first-order valence-corrected chi connectivity index (χ1v) is 9.61. The second-order valence-corrected chi connectivity index (χ2v) is 7.56. The van der Waals surface area contributed by atoms with Crippen LogP contribution in [-0.2, 0) is 17.3 Å². The third kappa shape index (κ3) is 2.38. The summed E-state index contributed by atoms with van der Waals surface area (Å²) in [6.07, 6.45) is 5.38. The molecule has 1 spiro atoms. The zero-order valence-corrected chi connectivity index (χ0v) is 16.2. The number of amides is 2. The number of hydrogen-bond acceptors (Lipinski definition) is 5. The quantitative estimate of drug-likeness (QED) is 0.712. The van der Waals surface area contributed by atoms with E-state index in [1.54, 1.807) is 17.2 Å². The van der Waals surface area contributed by atoms with Crippen LogP contribution in [0.3, 0.4) is 0 Å². The lowest BCUT2D eigenvalue weighted by molar-refractivity contribution is -0.121. The van der Waals surface area contributed by atoms with Gasteiger partial charge in [0, 0.05) is 37.9 Å². The summed E-state index contributed by atoms with van der Waals surface area (Å²) in [5, 5.41) is 12.0. The van der Waals surface area contributed by atoms with E-state index in [9.17, 15) is 9.59 Å². The van der Waals surface area contributed by atoms with E-state index in [0.29, 0.717) is 24.4 Å². The third-order valence-corrected chi connectivity index (χ3v) is 6.08. The highest BCUT2D eigenvalue weighted by molar-refractivity contribution is 6.08. The number of carbonyl (C=O) groups is 2. The van der Waals surface area contributed by atoms with Crippen LogP contribution in [0.1, 0.15) is 39.9 Å². The Kier molecular flexibility index (Phi) is 3.93. The number of imidazole rings is 1. The third-order valence-electron chi connectivity index (χ3n) is 6.08. The molecule has 0 aliphatic carbocycles. The maximum Gasteiger partial charge on any atom is 0.256 e. The molecule has 3 aromatic rings. The lowest BCUT2D eigenvalue weighted by Gasteiger charge is -2.33. The van der Waals surface area contributed by atoms with E-state index in [2.05, 4.69) is 15.3 Å². The Balaban J connectivity index is 1.65. The number of aromatic nitrogens is 3. The summed E-state index contributed by atoms with van der Waals surface area (Å²) in [4.78, 5) is 37.0. The van der Waals surface area contributed by atoms with Crippen molar-refractivity contribution >= 4 is 17.5 Å². The molecule has 2 aliphatic heterocycles. The van der Waals surface area contributed by atoms with E-state index < -0.39 is 11.5 Å². The number of carbonyl (C=O) groups excluding carboxylic acids is 2. The van der Waals surface area contributed by atoms with Crippen molar-refractivity contribution in [3.63, 3.8) is 0 Å². The van der Waals surface area contributed by atoms with E-state index in [-0.39, 0.29) is 17.5 Å². The van der Waals surface area contributed by atoms with Crippen molar-refractivity contribution in [1.29, 1.82) is 5.26 Å². The van der Waals surface area contributed by atoms with Crippen molar-refractivity contribution in [3.8, 4) is 6.07 Å². The van der Waals surface area contributed by atoms with E-state index in [1.165, 1.54) is 12.3 Å². The van der Waals surface area contributed by atoms with Gasteiger partial charge >= 0.3 is 0 Å². The van der Waals surface area contributed by atoms with Crippen molar-refractivity contribution in [2.75, 3.05) is 11.9 Å². The summed E-state index contributed by atoms with van der Waals surface area (Å²) in [5.41, 5.74) is 1.37. The fourth-order valence-corrected chi connectivity index (χ4v) is 4.66. The first-order valence-electron chi connectivity index (χ1n) is 9.61. The van der Waals surface area contributed by atoms with Gasteiger partial charge < -0.3 is 14.8 Å². The number of nitriles is 1. The van der Waals surface area contributed by atoms with Crippen LogP contribution >= 0.6 is 0 Å². The molecular weight excluding hydrogens is 380 g/mol. The highest BCUT2D eigenvalue weighted by Crippen LogP contribution is 2.54. The Hall–Kier alpha value is -3.99. The van der Waals surface area contributed by atoms with Crippen LogP contribution < -0.4 is 5.32 Å². The lowest BCUT2D eigenvalue weighted by atomic mass is 9.74.